The SMILES string of the molecule is CC[C@H](C(=O)NC1CCCCC1)N(Cc1ccccc1Cl)C(=O)CN(c1ccc(F)cc1)S(=O)(=O)N(C)C. The maximum atomic E-state index is 13.9. The number of hydrogen-bond acceptors (Lipinski definition) is 4. The van der Waals surface area contributed by atoms with Crippen molar-refractivity contribution in [3.05, 3.63) is 64.9 Å². The van der Waals surface area contributed by atoms with Crippen molar-refractivity contribution in [1.82, 2.24) is 14.5 Å². The van der Waals surface area contributed by atoms with Gasteiger partial charge in [-0.3, -0.25) is 9.59 Å². The van der Waals surface area contributed by atoms with Gasteiger partial charge >= 0.3 is 10.2 Å². The Bertz CT molecular complexity index is 1200. The van der Waals surface area contributed by atoms with Gasteiger partial charge < -0.3 is 10.2 Å². The van der Waals surface area contributed by atoms with Crippen molar-refractivity contribution >= 4 is 39.3 Å². The van der Waals surface area contributed by atoms with E-state index in [1.165, 1.54) is 31.1 Å². The maximum absolute atomic E-state index is 13.9. The van der Waals surface area contributed by atoms with E-state index in [2.05, 4.69) is 5.32 Å². The fourth-order valence-corrected chi connectivity index (χ4v) is 5.85. The predicted octanol–water partition coefficient (Wildman–Crippen LogP) is 4.35. The Morgan fingerprint density at radius 1 is 1.05 bits per heavy atom. The van der Waals surface area contributed by atoms with Crippen molar-refractivity contribution in [3.63, 3.8) is 0 Å². The lowest BCUT2D eigenvalue weighted by atomic mass is 9.95. The van der Waals surface area contributed by atoms with Crippen molar-refractivity contribution in [2.24, 2.45) is 0 Å². The smallest absolute Gasteiger partial charge is 0.304 e. The molecule has 2 aromatic carbocycles. The molecule has 3 rings (SSSR count). The molecule has 0 aliphatic heterocycles. The van der Waals surface area contributed by atoms with E-state index in [1.54, 1.807) is 24.3 Å². The molecule has 11 heteroatoms. The van der Waals surface area contributed by atoms with Crippen LogP contribution in [-0.4, -0.2) is 62.2 Å². The predicted molar refractivity (Wildman–Crippen MR) is 147 cm³/mol. The van der Waals surface area contributed by atoms with Crippen molar-refractivity contribution in [2.75, 3.05) is 24.9 Å². The Balaban J connectivity index is 1.96. The molecule has 0 unspecified atom stereocenters. The molecule has 1 aliphatic rings. The van der Waals surface area contributed by atoms with Crippen molar-refractivity contribution in [1.29, 1.82) is 0 Å². The number of carbonyl (C=O) groups excluding carboxylic acids is 2. The van der Waals surface area contributed by atoms with Crippen molar-refractivity contribution in [3.8, 4) is 0 Å². The van der Waals surface area contributed by atoms with Gasteiger partial charge in [-0.25, -0.2) is 8.70 Å². The van der Waals surface area contributed by atoms with Gasteiger partial charge in [0.05, 0.1) is 5.69 Å². The van der Waals surface area contributed by atoms with Gasteiger partial charge in [0.2, 0.25) is 11.8 Å². The Labute approximate surface area is 229 Å². The Hall–Kier alpha value is -2.69. The van der Waals surface area contributed by atoms with Crippen LogP contribution in [0.4, 0.5) is 10.1 Å². The summed E-state index contributed by atoms with van der Waals surface area (Å²) in [6, 6.07) is 11.1. The highest BCUT2D eigenvalue weighted by atomic mass is 35.5. The average molecular weight is 567 g/mol. The van der Waals surface area contributed by atoms with E-state index in [-0.39, 0.29) is 24.2 Å². The summed E-state index contributed by atoms with van der Waals surface area (Å²) in [6.45, 7) is 1.25. The lowest BCUT2D eigenvalue weighted by Gasteiger charge is -2.35. The standard InChI is InChI=1S/C27H36ClFN4O4S/c1-4-25(27(35)30-22-11-6-5-7-12-22)32(18-20-10-8-9-13-24(20)28)26(34)19-33(38(36,37)31(2)3)23-16-14-21(29)15-17-23/h8-10,13-17,22,25H,4-7,11-12,18-19H2,1-3H3,(H,30,35)/t25-/m1/s1. The minimum absolute atomic E-state index is 0.0222. The van der Waals surface area contributed by atoms with Crippen LogP contribution < -0.4 is 9.62 Å². The third-order valence-corrected chi connectivity index (χ3v) is 8.96. The molecule has 38 heavy (non-hydrogen) atoms. The van der Waals surface area contributed by atoms with Gasteiger partial charge in [0.25, 0.3) is 0 Å². The van der Waals surface area contributed by atoms with Gasteiger partial charge in [-0.15, -0.1) is 0 Å². The molecule has 1 saturated carbocycles. The summed E-state index contributed by atoms with van der Waals surface area (Å²) in [6.07, 6.45) is 5.32. The van der Waals surface area contributed by atoms with E-state index >= 15 is 0 Å². The van der Waals surface area contributed by atoms with Gasteiger partial charge in [-0.2, -0.15) is 12.7 Å². The molecule has 2 amide bonds. The van der Waals surface area contributed by atoms with Crippen LogP contribution in [0.1, 0.15) is 51.0 Å². The molecule has 0 saturated heterocycles. The van der Waals surface area contributed by atoms with Crippen LogP contribution in [0, 0.1) is 5.82 Å². The van der Waals surface area contributed by atoms with E-state index in [0.29, 0.717) is 17.0 Å². The maximum Gasteiger partial charge on any atom is 0.304 e. The number of hydrogen-bond donors (Lipinski definition) is 1. The number of anilines is 1. The lowest BCUT2D eigenvalue weighted by molar-refractivity contribution is -0.140. The number of benzene rings is 2. The van der Waals surface area contributed by atoms with E-state index in [9.17, 15) is 22.4 Å². The Morgan fingerprint density at radius 2 is 1.68 bits per heavy atom. The van der Waals surface area contributed by atoms with Crippen LogP contribution in [-0.2, 0) is 26.3 Å². The molecule has 1 aliphatic carbocycles. The van der Waals surface area contributed by atoms with Gasteiger partial charge in [0.1, 0.15) is 18.4 Å². The molecule has 8 nitrogen and oxygen atoms in total. The minimum Gasteiger partial charge on any atom is -0.352 e. The van der Waals surface area contributed by atoms with Crippen LogP contribution in [0.25, 0.3) is 0 Å². The zero-order valence-electron chi connectivity index (χ0n) is 22.1. The molecule has 2 aromatic rings. The minimum atomic E-state index is -4.12. The Kier molecular flexibility index (Phi) is 10.5. The van der Waals surface area contributed by atoms with Crippen LogP contribution in [0.3, 0.4) is 0 Å². The molecule has 1 N–H and O–H groups in total. The van der Waals surface area contributed by atoms with Crippen LogP contribution in [0.5, 0.6) is 0 Å². The highest BCUT2D eigenvalue weighted by Crippen LogP contribution is 2.24. The van der Waals surface area contributed by atoms with E-state index < -0.39 is 34.5 Å². The molecule has 0 heterocycles. The third kappa shape index (κ3) is 7.45. The molecule has 208 valence electrons. The normalized spacial score (nSPS) is 15.2. The van der Waals surface area contributed by atoms with Gasteiger partial charge in [0.15, 0.2) is 0 Å². The molecular formula is C27H36ClFN4O4S. The second-order valence-electron chi connectivity index (χ2n) is 9.65. The number of nitrogens with zero attached hydrogens (tertiary/aromatic N) is 3. The largest absolute Gasteiger partial charge is 0.352 e. The van der Waals surface area contributed by atoms with Gasteiger partial charge in [-0.1, -0.05) is 56.0 Å². The summed E-state index contributed by atoms with van der Waals surface area (Å²) in [5.41, 5.74) is 0.765. The summed E-state index contributed by atoms with van der Waals surface area (Å²) >= 11 is 6.40. The monoisotopic (exact) mass is 566 g/mol. The number of amides is 2. The first-order valence-electron chi connectivity index (χ1n) is 12.8. The first kappa shape index (κ1) is 29.9. The molecule has 0 radical (unpaired) electrons. The first-order valence-corrected chi connectivity index (χ1v) is 14.6. The molecule has 1 fully saturated rings. The zero-order valence-corrected chi connectivity index (χ0v) is 23.6. The first-order chi connectivity index (χ1) is 18.0. The summed E-state index contributed by atoms with van der Waals surface area (Å²) in [5.74, 6) is -1.39. The highest BCUT2D eigenvalue weighted by molar-refractivity contribution is 7.90. The summed E-state index contributed by atoms with van der Waals surface area (Å²) in [5, 5.41) is 3.53. The lowest BCUT2D eigenvalue weighted by Crippen LogP contribution is -2.54. The zero-order chi connectivity index (χ0) is 27.9. The van der Waals surface area contributed by atoms with Gasteiger partial charge in [-0.05, 0) is 55.2 Å². The fraction of sp³-hybridized carbons (Fsp3) is 0.481. The topological polar surface area (TPSA) is 90.0 Å². The Morgan fingerprint density at radius 3 is 2.26 bits per heavy atom. The number of rotatable bonds is 11. The van der Waals surface area contributed by atoms with E-state index in [4.69, 9.17) is 11.6 Å². The van der Waals surface area contributed by atoms with Crippen molar-refractivity contribution in [2.45, 2.75) is 64.1 Å². The molecule has 0 aromatic heterocycles. The summed E-state index contributed by atoms with van der Waals surface area (Å²) in [4.78, 5) is 28.7. The second-order valence-corrected chi connectivity index (χ2v) is 12.1. The number of halogens is 2. The van der Waals surface area contributed by atoms with Gasteiger partial charge in [0, 0.05) is 31.7 Å². The third-order valence-electron chi connectivity index (χ3n) is 6.77. The summed E-state index contributed by atoms with van der Waals surface area (Å²) < 4.78 is 41.9. The van der Waals surface area contributed by atoms with E-state index in [1.807, 2.05) is 6.92 Å². The number of carbonyl (C=O) groups is 2. The highest BCUT2D eigenvalue weighted by Gasteiger charge is 2.34. The summed E-state index contributed by atoms with van der Waals surface area (Å²) in [7, 11) is -1.42. The molecule has 1 atom stereocenters. The van der Waals surface area contributed by atoms with Crippen molar-refractivity contribution < 1.29 is 22.4 Å². The molecular weight excluding hydrogens is 531 g/mol. The van der Waals surface area contributed by atoms with Crippen LogP contribution in [0.2, 0.25) is 5.02 Å². The van der Waals surface area contributed by atoms with E-state index in [0.717, 1.165) is 52.8 Å². The fourth-order valence-electron chi connectivity index (χ4n) is 4.60. The molecule has 0 bridgehead atoms. The number of nitrogens with one attached hydrogen (secondary N) is 1. The van der Waals surface area contributed by atoms with Crippen LogP contribution >= 0.6 is 11.6 Å². The average Bonchev–Trinajstić information content (AvgIpc) is 2.89. The second kappa shape index (κ2) is 13.4. The molecule has 0 spiro atoms. The quantitative estimate of drug-likeness (QED) is 0.438. The van der Waals surface area contributed by atoms with Crippen LogP contribution in [0.15, 0.2) is 48.5 Å².